The molecule has 7 nitrogen and oxygen atoms in total. The van der Waals surface area contributed by atoms with Gasteiger partial charge in [-0.15, -0.1) is 0 Å². The zero-order chi connectivity index (χ0) is 22.1. The lowest BCUT2D eigenvalue weighted by molar-refractivity contribution is -0.149. The van der Waals surface area contributed by atoms with E-state index >= 15 is 0 Å². The number of carbonyl (C=O) groups excluding carboxylic acids is 3. The second kappa shape index (κ2) is 11.0. The highest BCUT2D eigenvalue weighted by Gasteiger charge is 2.29. The first-order valence-electron chi connectivity index (χ1n) is 9.92. The van der Waals surface area contributed by atoms with Crippen LogP contribution >= 0.6 is 0 Å². The molecule has 0 saturated heterocycles. The Morgan fingerprint density at radius 2 is 1.57 bits per heavy atom. The standard InChI is InChI=1S/C23H28N2O5/c1-5-29-19-13-11-17(12-14-19)21(26)16(4)30-22(27)20(15(2)3)25-23(28)24-18-9-7-6-8-10-18/h6-16,20H,5H2,1-4H3,(H2,24,25,28)/t16-,20-/m0/s1. The van der Waals surface area contributed by atoms with Crippen LogP contribution in [0.25, 0.3) is 0 Å². The molecule has 0 bridgehead atoms. The van der Waals surface area contributed by atoms with Crippen LogP contribution in [0.15, 0.2) is 54.6 Å². The van der Waals surface area contributed by atoms with E-state index in [4.69, 9.17) is 9.47 Å². The lowest BCUT2D eigenvalue weighted by Gasteiger charge is -2.23. The minimum atomic E-state index is -0.990. The molecule has 7 heteroatoms. The van der Waals surface area contributed by atoms with Crippen molar-refractivity contribution in [2.75, 3.05) is 11.9 Å². The first-order valence-corrected chi connectivity index (χ1v) is 9.92. The number of rotatable bonds is 9. The van der Waals surface area contributed by atoms with Crippen molar-refractivity contribution in [3.8, 4) is 5.75 Å². The number of hydrogen-bond donors (Lipinski definition) is 2. The average molecular weight is 412 g/mol. The van der Waals surface area contributed by atoms with Gasteiger partial charge in [0.15, 0.2) is 6.10 Å². The molecule has 0 saturated carbocycles. The van der Waals surface area contributed by atoms with Gasteiger partial charge in [-0.1, -0.05) is 32.0 Å². The highest BCUT2D eigenvalue weighted by atomic mass is 16.5. The minimum Gasteiger partial charge on any atom is -0.494 e. The summed E-state index contributed by atoms with van der Waals surface area (Å²) in [6.45, 7) is 7.49. The van der Waals surface area contributed by atoms with Crippen LogP contribution in [0.2, 0.25) is 0 Å². The average Bonchev–Trinajstić information content (AvgIpc) is 2.72. The maximum atomic E-state index is 12.6. The lowest BCUT2D eigenvalue weighted by atomic mass is 10.0. The summed E-state index contributed by atoms with van der Waals surface area (Å²) in [5.41, 5.74) is 1.01. The number of amides is 2. The Kier molecular flexibility index (Phi) is 8.41. The van der Waals surface area contributed by atoms with Gasteiger partial charge in [-0.3, -0.25) is 4.79 Å². The van der Waals surface area contributed by atoms with Gasteiger partial charge in [-0.25, -0.2) is 9.59 Å². The van der Waals surface area contributed by atoms with E-state index in [1.54, 1.807) is 62.4 Å². The van der Waals surface area contributed by atoms with E-state index in [2.05, 4.69) is 10.6 Å². The second-order valence-corrected chi connectivity index (χ2v) is 7.09. The summed E-state index contributed by atoms with van der Waals surface area (Å²) < 4.78 is 10.7. The van der Waals surface area contributed by atoms with Gasteiger partial charge in [0, 0.05) is 11.3 Å². The fourth-order valence-corrected chi connectivity index (χ4v) is 2.75. The predicted octanol–water partition coefficient (Wildman–Crippen LogP) is 4.05. The van der Waals surface area contributed by atoms with Crippen LogP contribution in [-0.4, -0.2) is 36.5 Å². The van der Waals surface area contributed by atoms with Crippen molar-refractivity contribution >= 4 is 23.5 Å². The molecule has 2 aromatic carbocycles. The fourth-order valence-electron chi connectivity index (χ4n) is 2.75. The molecule has 0 aliphatic rings. The maximum Gasteiger partial charge on any atom is 0.329 e. The quantitative estimate of drug-likeness (QED) is 0.479. The molecule has 0 aliphatic heterocycles. The largest absolute Gasteiger partial charge is 0.494 e. The van der Waals surface area contributed by atoms with Crippen molar-refractivity contribution in [1.82, 2.24) is 5.32 Å². The summed E-state index contributed by atoms with van der Waals surface area (Å²) in [5.74, 6) is -0.568. The molecule has 160 valence electrons. The molecule has 0 spiro atoms. The number of ether oxygens (including phenoxy) is 2. The zero-order valence-corrected chi connectivity index (χ0v) is 17.7. The van der Waals surface area contributed by atoms with Crippen LogP contribution in [-0.2, 0) is 9.53 Å². The first kappa shape index (κ1) is 22.9. The third kappa shape index (κ3) is 6.62. The SMILES string of the molecule is CCOc1ccc(C(=O)[C@H](C)OC(=O)[C@@H](NC(=O)Nc2ccccc2)C(C)C)cc1. The van der Waals surface area contributed by atoms with Gasteiger partial charge < -0.3 is 20.1 Å². The Hall–Kier alpha value is -3.35. The number of esters is 1. The van der Waals surface area contributed by atoms with Gasteiger partial charge >= 0.3 is 12.0 Å². The maximum absolute atomic E-state index is 12.6. The van der Waals surface area contributed by atoms with Gasteiger partial charge in [0.25, 0.3) is 0 Å². The van der Waals surface area contributed by atoms with E-state index in [0.717, 1.165) is 0 Å². The number of Topliss-reactive ketones (excluding diaryl/α,β-unsaturated/α-hetero) is 1. The monoisotopic (exact) mass is 412 g/mol. The minimum absolute atomic E-state index is 0.230. The van der Waals surface area contributed by atoms with E-state index in [9.17, 15) is 14.4 Å². The highest BCUT2D eigenvalue weighted by Crippen LogP contribution is 2.15. The Bertz CT molecular complexity index is 850. The number of anilines is 1. The summed E-state index contributed by atoms with van der Waals surface area (Å²) in [6.07, 6.45) is -0.990. The molecule has 0 fully saturated rings. The number of carbonyl (C=O) groups is 3. The van der Waals surface area contributed by atoms with Crippen molar-refractivity contribution in [2.45, 2.75) is 39.8 Å². The molecule has 0 radical (unpaired) electrons. The van der Waals surface area contributed by atoms with Crippen LogP contribution in [0.1, 0.15) is 38.1 Å². The Morgan fingerprint density at radius 1 is 0.933 bits per heavy atom. The van der Waals surface area contributed by atoms with Gasteiger partial charge in [-0.05, 0) is 56.2 Å². The summed E-state index contributed by atoms with van der Waals surface area (Å²) in [4.78, 5) is 37.5. The van der Waals surface area contributed by atoms with Crippen LogP contribution in [0, 0.1) is 5.92 Å². The molecule has 2 atom stereocenters. The molecule has 2 N–H and O–H groups in total. The molecule has 2 aromatic rings. The third-order valence-corrected chi connectivity index (χ3v) is 4.35. The van der Waals surface area contributed by atoms with Crippen molar-refractivity contribution in [1.29, 1.82) is 0 Å². The van der Waals surface area contributed by atoms with E-state index in [1.807, 2.05) is 13.0 Å². The van der Waals surface area contributed by atoms with E-state index < -0.39 is 24.1 Å². The Morgan fingerprint density at radius 3 is 2.13 bits per heavy atom. The Balaban J connectivity index is 1.97. The number of nitrogens with one attached hydrogen (secondary N) is 2. The topological polar surface area (TPSA) is 93.7 Å². The van der Waals surface area contributed by atoms with Crippen molar-refractivity contribution in [2.24, 2.45) is 5.92 Å². The van der Waals surface area contributed by atoms with Crippen LogP contribution in [0.5, 0.6) is 5.75 Å². The molecule has 2 rings (SSSR count). The predicted molar refractivity (Wildman–Crippen MR) is 115 cm³/mol. The number of urea groups is 1. The summed E-state index contributed by atoms with van der Waals surface area (Å²) in [5, 5.41) is 5.28. The fraction of sp³-hybridized carbons (Fsp3) is 0.348. The number of hydrogen-bond acceptors (Lipinski definition) is 5. The van der Waals surface area contributed by atoms with Crippen LogP contribution in [0.3, 0.4) is 0 Å². The molecule has 0 heterocycles. The van der Waals surface area contributed by atoms with E-state index in [0.29, 0.717) is 23.6 Å². The number of ketones is 1. The smallest absolute Gasteiger partial charge is 0.329 e. The van der Waals surface area contributed by atoms with Crippen molar-refractivity contribution in [3.05, 3.63) is 60.2 Å². The van der Waals surface area contributed by atoms with Crippen molar-refractivity contribution in [3.63, 3.8) is 0 Å². The van der Waals surface area contributed by atoms with E-state index in [1.165, 1.54) is 6.92 Å². The normalized spacial score (nSPS) is 12.6. The third-order valence-electron chi connectivity index (χ3n) is 4.35. The van der Waals surface area contributed by atoms with Gasteiger partial charge in [-0.2, -0.15) is 0 Å². The second-order valence-electron chi connectivity index (χ2n) is 7.09. The van der Waals surface area contributed by atoms with E-state index in [-0.39, 0.29) is 11.7 Å². The lowest BCUT2D eigenvalue weighted by Crippen LogP contribution is -2.48. The van der Waals surface area contributed by atoms with Crippen LogP contribution < -0.4 is 15.4 Å². The molecular weight excluding hydrogens is 384 g/mol. The molecule has 0 aromatic heterocycles. The zero-order valence-electron chi connectivity index (χ0n) is 17.7. The first-order chi connectivity index (χ1) is 14.3. The molecule has 30 heavy (non-hydrogen) atoms. The summed E-state index contributed by atoms with van der Waals surface area (Å²) in [7, 11) is 0. The Labute approximate surface area is 176 Å². The van der Waals surface area contributed by atoms with Crippen LogP contribution in [0.4, 0.5) is 10.5 Å². The highest BCUT2D eigenvalue weighted by molar-refractivity contribution is 6.00. The number of para-hydroxylation sites is 1. The van der Waals surface area contributed by atoms with Gasteiger partial charge in [0.1, 0.15) is 11.8 Å². The molecular formula is C23H28N2O5. The summed E-state index contributed by atoms with van der Waals surface area (Å²) in [6, 6.07) is 14.1. The number of benzene rings is 2. The molecule has 0 unspecified atom stereocenters. The van der Waals surface area contributed by atoms with Gasteiger partial charge in [0.05, 0.1) is 6.61 Å². The van der Waals surface area contributed by atoms with Crippen molar-refractivity contribution < 1.29 is 23.9 Å². The van der Waals surface area contributed by atoms with Gasteiger partial charge in [0.2, 0.25) is 5.78 Å². The molecule has 2 amide bonds. The molecule has 0 aliphatic carbocycles. The summed E-state index contributed by atoms with van der Waals surface area (Å²) >= 11 is 0.